The van der Waals surface area contributed by atoms with Gasteiger partial charge in [0.15, 0.2) is 0 Å². The molecule has 12 heteroatoms. The minimum absolute atomic E-state index is 0.0930. The molecule has 0 radical (unpaired) electrons. The number of aliphatic imine (C=N–C) groups is 1. The third-order valence-electron chi connectivity index (χ3n) is 5.47. The van der Waals surface area contributed by atoms with Gasteiger partial charge < -0.3 is 23.7 Å². The molecule has 1 aliphatic heterocycles. The third-order valence-corrected chi connectivity index (χ3v) is 5.47. The number of nitro benzene ring substituents is 1. The second-order valence-corrected chi connectivity index (χ2v) is 7.38. The number of nitrogens with zero attached hydrogens (tertiary/aromatic N) is 2. The molecule has 2 aromatic rings. The molecule has 3 rings (SSSR count). The number of esters is 3. The third kappa shape index (κ3) is 4.10. The molecule has 36 heavy (non-hydrogen) atoms. The molecule has 0 aromatic heterocycles. The Bertz CT molecular complexity index is 1170. The lowest BCUT2D eigenvalue weighted by Gasteiger charge is -2.36. The van der Waals surface area contributed by atoms with Crippen LogP contribution in [-0.4, -0.2) is 61.8 Å². The molecule has 0 amide bonds. The Morgan fingerprint density at radius 3 is 1.92 bits per heavy atom. The van der Waals surface area contributed by atoms with Gasteiger partial charge in [0.05, 0.1) is 32.4 Å². The fraction of sp³-hybridized carbons (Fsp3) is 0.333. The highest BCUT2D eigenvalue weighted by Crippen LogP contribution is 2.48. The van der Waals surface area contributed by atoms with Crippen molar-refractivity contribution in [2.24, 2.45) is 4.99 Å². The van der Waals surface area contributed by atoms with Crippen LogP contribution in [0.1, 0.15) is 25.0 Å². The first-order valence-electron chi connectivity index (χ1n) is 10.8. The van der Waals surface area contributed by atoms with Gasteiger partial charge in [0.1, 0.15) is 5.75 Å². The van der Waals surface area contributed by atoms with E-state index in [4.69, 9.17) is 23.7 Å². The van der Waals surface area contributed by atoms with Crippen molar-refractivity contribution >= 4 is 29.5 Å². The van der Waals surface area contributed by atoms with Gasteiger partial charge >= 0.3 is 23.5 Å². The van der Waals surface area contributed by atoms with E-state index in [1.165, 1.54) is 33.1 Å². The smallest absolute Gasteiger partial charge is 0.366 e. The SMILES string of the molecule is CCOC(=O)C1(C(=O)OCC)OC(c2ccc(OC)cc2)=NC1(C(=O)OC)c1ccc([N+](=O)[O-])cc1. The van der Waals surface area contributed by atoms with Gasteiger partial charge in [-0.2, -0.15) is 0 Å². The lowest BCUT2D eigenvalue weighted by Crippen LogP contribution is -2.65. The fourth-order valence-electron chi connectivity index (χ4n) is 3.80. The highest BCUT2D eigenvalue weighted by atomic mass is 16.6. The molecule has 0 bridgehead atoms. The van der Waals surface area contributed by atoms with Crippen LogP contribution in [0.3, 0.4) is 0 Å². The first kappa shape index (κ1) is 26.1. The van der Waals surface area contributed by atoms with Crippen molar-refractivity contribution in [3.8, 4) is 5.75 Å². The van der Waals surface area contributed by atoms with Gasteiger partial charge in [-0.15, -0.1) is 0 Å². The molecule has 0 saturated carbocycles. The van der Waals surface area contributed by atoms with Crippen LogP contribution >= 0.6 is 0 Å². The minimum Gasteiger partial charge on any atom is -0.497 e. The van der Waals surface area contributed by atoms with Crippen LogP contribution in [-0.2, 0) is 38.9 Å². The maximum absolute atomic E-state index is 13.5. The number of methoxy groups -OCH3 is 2. The van der Waals surface area contributed by atoms with Crippen molar-refractivity contribution < 1.29 is 43.0 Å². The zero-order valence-corrected chi connectivity index (χ0v) is 20.0. The van der Waals surface area contributed by atoms with Crippen LogP contribution in [0.4, 0.5) is 5.69 Å². The van der Waals surface area contributed by atoms with E-state index >= 15 is 0 Å². The normalized spacial score (nSPS) is 17.8. The summed E-state index contributed by atoms with van der Waals surface area (Å²) in [4.78, 5) is 55.5. The number of benzene rings is 2. The van der Waals surface area contributed by atoms with Gasteiger partial charge in [-0.25, -0.2) is 19.4 Å². The predicted molar refractivity (Wildman–Crippen MR) is 123 cm³/mol. The van der Waals surface area contributed by atoms with Crippen molar-refractivity contribution in [1.82, 2.24) is 0 Å². The topological polar surface area (TPSA) is 153 Å². The van der Waals surface area contributed by atoms with E-state index in [0.717, 1.165) is 19.2 Å². The Morgan fingerprint density at radius 1 is 0.917 bits per heavy atom. The number of hydrogen-bond acceptors (Lipinski definition) is 11. The van der Waals surface area contributed by atoms with Crippen LogP contribution < -0.4 is 4.74 Å². The highest BCUT2D eigenvalue weighted by Gasteiger charge is 2.76. The molecule has 0 aliphatic carbocycles. The molecule has 2 aromatic carbocycles. The van der Waals surface area contributed by atoms with Gasteiger partial charge in [0.2, 0.25) is 11.4 Å². The summed E-state index contributed by atoms with van der Waals surface area (Å²) in [6, 6.07) is 10.8. The van der Waals surface area contributed by atoms with E-state index < -0.39 is 34.0 Å². The molecular weight excluding hydrogens is 476 g/mol. The van der Waals surface area contributed by atoms with E-state index in [1.54, 1.807) is 24.3 Å². The van der Waals surface area contributed by atoms with Gasteiger partial charge in [0.25, 0.3) is 5.69 Å². The average Bonchev–Trinajstić information content (AvgIpc) is 3.27. The predicted octanol–water partition coefficient (Wildman–Crippen LogP) is 2.31. The first-order valence-corrected chi connectivity index (χ1v) is 10.8. The summed E-state index contributed by atoms with van der Waals surface area (Å²) >= 11 is 0. The van der Waals surface area contributed by atoms with E-state index in [0.29, 0.717) is 11.3 Å². The van der Waals surface area contributed by atoms with Crippen molar-refractivity contribution in [2.45, 2.75) is 25.0 Å². The van der Waals surface area contributed by atoms with E-state index in [1.807, 2.05) is 0 Å². The standard InChI is InChI=1S/C24H24N2O10/c1-5-34-21(28)24(22(29)35-6-2)23(20(27)33-4,16-9-11-17(12-10-16)26(30)31)25-19(36-24)15-7-13-18(32-3)14-8-15/h7-14H,5-6H2,1-4H3. The summed E-state index contributed by atoms with van der Waals surface area (Å²) < 4.78 is 26.4. The number of ether oxygens (including phenoxy) is 5. The zero-order valence-electron chi connectivity index (χ0n) is 20.0. The molecule has 1 unspecified atom stereocenters. The maximum Gasteiger partial charge on any atom is 0.366 e. The van der Waals surface area contributed by atoms with Gasteiger partial charge in [-0.1, -0.05) is 0 Å². The van der Waals surface area contributed by atoms with Crippen molar-refractivity contribution in [2.75, 3.05) is 27.4 Å². The van der Waals surface area contributed by atoms with E-state index in [-0.39, 0.29) is 30.4 Å². The van der Waals surface area contributed by atoms with Gasteiger partial charge in [-0.3, -0.25) is 10.1 Å². The van der Waals surface area contributed by atoms with Crippen molar-refractivity contribution in [3.63, 3.8) is 0 Å². The monoisotopic (exact) mass is 500 g/mol. The summed E-state index contributed by atoms with van der Waals surface area (Å²) in [7, 11) is 2.51. The molecule has 0 fully saturated rings. The Morgan fingerprint density at radius 2 is 1.47 bits per heavy atom. The van der Waals surface area contributed by atoms with Gasteiger partial charge in [-0.05, 0) is 55.8 Å². The number of hydrogen-bond donors (Lipinski definition) is 0. The van der Waals surface area contributed by atoms with Crippen LogP contribution in [0.5, 0.6) is 5.75 Å². The molecule has 0 N–H and O–H groups in total. The largest absolute Gasteiger partial charge is 0.497 e. The lowest BCUT2D eigenvalue weighted by atomic mass is 9.74. The van der Waals surface area contributed by atoms with Gasteiger partial charge in [0, 0.05) is 17.7 Å². The maximum atomic E-state index is 13.5. The number of rotatable bonds is 9. The molecule has 1 atom stereocenters. The second kappa shape index (κ2) is 10.4. The molecule has 190 valence electrons. The Labute approximate surface area is 205 Å². The van der Waals surface area contributed by atoms with E-state index in [9.17, 15) is 24.5 Å². The Kier molecular flexibility index (Phi) is 7.56. The van der Waals surface area contributed by atoms with Crippen LogP contribution in [0.25, 0.3) is 0 Å². The molecule has 1 aliphatic rings. The fourth-order valence-corrected chi connectivity index (χ4v) is 3.80. The van der Waals surface area contributed by atoms with E-state index in [2.05, 4.69) is 4.99 Å². The summed E-state index contributed by atoms with van der Waals surface area (Å²) in [6.07, 6.45) is 0. The molecular formula is C24H24N2O10. The molecule has 1 heterocycles. The van der Waals surface area contributed by atoms with Crippen LogP contribution in [0.15, 0.2) is 53.5 Å². The molecule has 0 spiro atoms. The first-order chi connectivity index (χ1) is 17.2. The molecule has 0 saturated heterocycles. The number of non-ortho nitro benzene ring substituents is 1. The minimum atomic E-state index is -2.79. The molecule has 12 nitrogen and oxygen atoms in total. The number of nitro groups is 1. The Balaban J connectivity index is 2.39. The van der Waals surface area contributed by atoms with Crippen LogP contribution in [0, 0.1) is 10.1 Å². The number of carbonyl (C=O) groups is 3. The van der Waals surface area contributed by atoms with Crippen LogP contribution in [0.2, 0.25) is 0 Å². The van der Waals surface area contributed by atoms with Crippen molar-refractivity contribution in [3.05, 3.63) is 69.8 Å². The summed E-state index contributed by atoms with van der Waals surface area (Å²) in [5.41, 5.74) is -5.39. The highest BCUT2D eigenvalue weighted by molar-refractivity contribution is 6.17. The zero-order chi connectivity index (χ0) is 26.5. The lowest BCUT2D eigenvalue weighted by molar-refractivity contribution is -0.384. The average molecular weight is 500 g/mol. The summed E-state index contributed by atoms with van der Waals surface area (Å²) in [5.74, 6) is -3.41. The second-order valence-electron chi connectivity index (χ2n) is 7.38. The quantitative estimate of drug-likeness (QED) is 0.165. The summed E-state index contributed by atoms with van der Waals surface area (Å²) in [6.45, 7) is 2.67. The Hall–Kier alpha value is -4.48. The number of carbonyl (C=O) groups excluding carboxylic acids is 3. The summed E-state index contributed by atoms with van der Waals surface area (Å²) in [5, 5.41) is 11.2. The van der Waals surface area contributed by atoms with Crippen molar-refractivity contribution in [1.29, 1.82) is 0 Å².